The molecule has 3 aliphatic carbocycles. The fourth-order valence-electron chi connectivity index (χ4n) is 17.1. The summed E-state index contributed by atoms with van der Waals surface area (Å²) in [6.07, 6.45) is 4.94. The van der Waals surface area contributed by atoms with Crippen molar-refractivity contribution in [3.8, 4) is 22.3 Å². The van der Waals surface area contributed by atoms with Gasteiger partial charge in [0.05, 0.1) is 5.69 Å². The lowest BCUT2D eigenvalue weighted by molar-refractivity contribution is 0.0926. The van der Waals surface area contributed by atoms with Crippen LogP contribution in [-0.2, 0) is 37.9 Å². The third-order valence-electron chi connectivity index (χ3n) is 21.8. The number of anilines is 6. The smallest absolute Gasteiger partial charge is 0.248 e. The van der Waals surface area contributed by atoms with Gasteiger partial charge >= 0.3 is 0 Å². The van der Waals surface area contributed by atoms with Crippen LogP contribution in [0.25, 0.3) is 22.3 Å². The van der Waals surface area contributed by atoms with E-state index in [2.05, 4.69) is 280 Å². The number of benzene rings is 8. The van der Waals surface area contributed by atoms with E-state index in [9.17, 15) is 0 Å². The molecule has 0 radical (unpaired) electrons. The van der Waals surface area contributed by atoms with E-state index in [1.807, 2.05) is 0 Å². The second kappa shape index (κ2) is 17.0. The molecule has 0 saturated heterocycles. The predicted octanol–water partition coefficient (Wildman–Crippen LogP) is 19.6. The first kappa shape index (κ1) is 53.4. The summed E-state index contributed by atoms with van der Waals surface area (Å²) in [4.78, 5) is 5.40. The molecule has 3 aliphatic heterocycles. The highest BCUT2D eigenvalue weighted by Gasteiger charge is 2.66. The first-order chi connectivity index (χ1) is 38.5. The molecule has 416 valence electrons. The molecule has 8 aromatic rings. The molecule has 6 aliphatic rings. The van der Waals surface area contributed by atoms with Gasteiger partial charge in [-0.2, -0.15) is 0 Å². The van der Waals surface area contributed by atoms with Crippen molar-refractivity contribution in [3.05, 3.63) is 207 Å². The van der Waals surface area contributed by atoms with Crippen molar-refractivity contribution in [2.24, 2.45) is 5.41 Å². The van der Waals surface area contributed by atoms with Gasteiger partial charge in [-0.05, 0) is 201 Å². The Kier molecular flexibility index (Phi) is 11.1. The topological polar surface area (TPSA) is 6.48 Å². The normalized spacial score (nSPS) is 21.8. The zero-order valence-corrected chi connectivity index (χ0v) is 52.7. The summed E-state index contributed by atoms with van der Waals surface area (Å²) < 4.78 is 0. The number of nitrogens with zero attached hydrogens (tertiary/aromatic N) is 2. The quantitative estimate of drug-likeness (QED) is 0.159. The Morgan fingerprint density at radius 1 is 0.439 bits per heavy atom. The van der Waals surface area contributed by atoms with Gasteiger partial charge in [-0.1, -0.05) is 227 Å². The lowest BCUT2D eigenvalue weighted by Gasteiger charge is -2.53. The minimum Gasteiger partial charge on any atom is -0.311 e. The summed E-state index contributed by atoms with van der Waals surface area (Å²) in [5.41, 5.74) is 33.3. The highest BCUT2D eigenvalue weighted by atomic mass is 15.2. The predicted molar refractivity (Wildman–Crippen MR) is 353 cm³/mol. The van der Waals surface area contributed by atoms with Crippen molar-refractivity contribution in [2.75, 3.05) is 9.80 Å². The lowest BCUT2D eigenvalue weighted by atomic mass is 9.26. The Morgan fingerprint density at radius 2 is 0.988 bits per heavy atom. The van der Waals surface area contributed by atoms with E-state index < -0.39 is 5.41 Å². The monoisotopic (exact) mass is 1070 g/mol. The average molecular weight is 1080 g/mol. The molecule has 1 saturated carbocycles. The minimum absolute atomic E-state index is 0.00756. The molecule has 0 amide bonds. The molecule has 0 aromatic heterocycles. The maximum Gasteiger partial charge on any atom is 0.248 e. The summed E-state index contributed by atoms with van der Waals surface area (Å²) in [7, 11) is 0. The van der Waals surface area contributed by atoms with Gasteiger partial charge in [0.25, 0.3) is 0 Å². The third kappa shape index (κ3) is 7.25. The third-order valence-corrected chi connectivity index (χ3v) is 21.8. The van der Waals surface area contributed by atoms with Crippen LogP contribution in [0, 0.1) is 5.41 Å². The summed E-state index contributed by atoms with van der Waals surface area (Å²) in [5, 5.41) is 0. The SMILES string of the molecule is CC(C)(C)c1ccc(N(c2ccc(C(C)(C)C)cc2)c2cc3c4c(c2)N(c2ccc(C(C)(C)C)cc2-c2ccccc2)c2ccc5c6c2B4c2c4c(cc(C(C)(C)C)c2C6(C)c2cc(C(C)(C)C)ccc2-5)C2(C)CCCCC2(C)C34)cc1. The van der Waals surface area contributed by atoms with E-state index in [-0.39, 0.29) is 50.5 Å². The molecule has 1 fully saturated rings. The van der Waals surface area contributed by atoms with Gasteiger partial charge in [0.15, 0.2) is 0 Å². The highest BCUT2D eigenvalue weighted by Crippen LogP contribution is 2.70. The molecule has 3 heterocycles. The fourth-order valence-corrected chi connectivity index (χ4v) is 17.1. The minimum atomic E-state index is -0.394. The van der Waals surface area contributed by atoms with Crippen LogP contribution in [0.5, 0.6) is 0 Å². The van der Waals surface area contributed by atoms with Crippen molar-refractivity contribution in [2.45, 2.75) is 194 Å². The molecule has 0 spiro atoms. The van der Waals surface area contributed by atoms with Gasteiger partial charge in [0, 0.05) is 45.3 Å². The number of hydrogen-bond donors (Lipinski definition) is 0. The summed E-state index contributed by atoms with van der Waals surface area (Å²) >= 11 is 0. The van der Waals surface area contributed by atoms with Gasteiger partial charge in [0.1, 0.15) is 0 Å². The maximum absolute atomic E-state index is 2.83. The fraction of sp³-hybridized carbons (Fsp3) is 0.392. The van der Waals surface area contributed by atoms with E-state index >= 15 is 0 Å². The Labute approximate surface area is 492 Å². The van der Waals surface area contributed by atoms with Crippen molar-refractivity contribution >= 4 is 57.2 Å². The molecule has 3 heteroatoms. The molecular formula is C79H87BN2. The Hall–Kier alpha value is -6.58. The van der Waals surface area contributed by atoms with Gasteiger partial charge in [0.2, 0.25) is 6.71 Å². The highest BCUT2D eigenvalue weighted by molar-refractivity contribution is 7.00. The summed E-state index contributed by atoms with van der Waals surface area (Å²) in [6, 6.07) is 58.8. The molecule has 0 bridgehead atoms. The molecule has 2 nitrogen and oxygen atoms in total. The van der Waals surface area contributed by atoms with E-state index in [4.69, 9.17) is 0 Å². The first-order valence-corrected chi connectivity index (χ1v) is 31.2. The number of rotatable bonds is 5. The van der Waals surface area contributed by atoms with Gasteiger partial charge < -0.3 is 9.80 Å². The van der Waals surface area contributed by atoms with E-state index in [1.165, 1.54) is 132 Å². The lowest BCUT2D eigenvalue weighted by Crippen LogP contribution is -2.68. The van der Waals surface area contributed by atoms with Gasteiger partial charge in [-0.25, -0.2) is 0 Å². The average Bonchev–Trinajstić information content (AvgIpc) is 2.51. The molecule has 4 atom stereocenters. The van der Waals surface area contributed by atoms with E-state index in [0.717, 1.165) is 0 Å². The molecule has 0 N–H and O–H groups in total. The Bertz CT molecular complexity index is 3930. The largest absolute Gasteiger partial charge is 0.311 e. The van der Waals surface area contributed by atoms with Crippen LogP contribution in [0.2, 0.25) is 0 Å². The standard InChI is InChI=1S/C79H87BN2/c1-72(2,3)48-26-32-52(33-27-48)81(53-34-28-49(29-35-53)73(4,5)6)54-44-58-66-65-60(77(16)40-22-23-41-78(66,77)17)46-61(76(13,14)15)68-71(65)80-69(58)64(45-54)82(62-38-31-50(74(7,8)9)42-57(62)47-24-20-19-21-25-47)63-39-37-56-55-36-30-51(75(10,11)12)43-59(55)79(68,18)67(56)70(63)80/h19-21,24-39,42-46,66H,22-23,40-41H2,1-18H3. The second-order valence-corrected chi connectivity index (χ2v) is 31.9. The van der Waals surface area contributed by atoms with Crippen LogP contribution in [0.3, 0.4) is 0 Å². The molecular weight excluding hydrogens is 988 g/mol. The van der Waals surface area contributed by atoms with E-state index in [0.29, 0.717) is 0 Å². The van der Waals surface area contributed by atoms with Gasteiger partial charge in [-0.3, -0.25) is 0 Å². The molecule has 4 unspecified atom stereocenters. The molecule has 82 heavy (non-hydrogen) atoms. The van der Waals surface area contributed by atoms with Crippen molar-refractivity contribution in [1.29, 1.82) is 0 Å². The van der Waals surface area contributed by atoms with Crippen LogP contribution >= 0.6 is 0 Å². The number of hydrogen-bond acceptors (Lipinski definition) is 2. The second-order valence-electron chi connectivity index (χ2n) is 31.9. The summed E-state index contributed by atoms with van der Waals surface area (Å²) in [5.74, 6) is 0.198. The number of fused-ring (bicyclic) bond motifs is 8. The summed E-state index contributed by atoms with van der Waals surface area (Å²) in [6.45, 7) is 44.0. The molecule has 8 aromatic carbocycles. The van der Waals surface area contributed by atoms with Crippen LogP contribution in [0.15, 0.2) is 146 Å². The zero-order chi connectivity index (χ0) is 58.0. The van der Waals surface area contributed by atoms with Crippen molar-refractivity contribution in [3.63, 3.8) is 0 Å². The Balaban J connectivity index is 1.17. The maximum atomic E-state index is 2.83. The van der Waals surface area contributed by atoms with Gasteiger partial charge in [-0.15, -0.1) is 0 Å². The van der Waals surface area contributed by atoms with E-state index in [1.54, 1.807) is 27.7 Å². The molecule has 14 rings (SSSR count). The van der Waals surface area contributed by atoms with Crippen molar-refractivity contribution < 1.29 is 0 Å². The Morgan fingerprint density at radius 3 is 1.59 bits per heavy atom. The van der Waals surface area contributed by atoms with Crippen molar-refractivity contribution in [1.82, 2.24) is 0 Å². The van der Waals surface area contributed by atoms with Crippen LogP contribution < -0.4 is 26.2 Å². The van der Waals surface area contributed by atoms with Crippen LogP contribution in [0.1, 0.15) is 217 Å². The van der Waals surface area contributed by atoms with Crippen LogP contribution in [-0.4, -0.2) is 6.71 Å². The van der Waals surface area contributed by atoms with Crippen LogP contribution in [0.4, 0.5) is 34.1 Å². The zero-order valence-electron chi connectivity index (χ0n) is 52.7. The first-order valence-electron chi connectivity index (χ1n) is 31.2.